The van der Waals surface area contributed by atoms with E-state index in [4.69, 9.17) is 4.74 Å². The topological polar surface area (TPSA) is 62.3 Å². The first-order valence-corrected chi connectivity index (χ1v) is 6.47. The minimum atomic E-state index is 0.763. The Morgan fingerprint density at radius 1 is 1.28 bits per heavy atom. The Balaban J connectivity index is 2.07. The van der Waals surface area contributed by atoms with Gasteiger partial charge in [-0.25, -0.2) is 15.0 Å². The Labute approximate surface area is 108 Å². The molecule has 2 rings (SSSR count). The molecule has 0 aromatic carbocycles. The smallest absolute Gasteiger partial charge is 0.146 e. The molecule has 0 radical (unpaired) electrons. The molecule has 0 atom stereocenters. The van der Waals surface area contributed by atoms with Gasteiger partial charge in [0.25, 0.3) is 0 Å². The van der Waals surface area contributed by atoms with Crippen molar-refractivity contribution in [3.8, 4) is 0 Å². The van der Waals surface area contributed by atoms with Crippen LogP contribution in [0.3, 0.4) is 0 Å². The molecular weight excluding hydrogens is 230 g/mol. The molecule has 1 aromatic heterocycles. The van der Waals surface area contributed by atoms with Gasteiger partial charge in [-0.3, -0.25) is 0 Å². The van der Waals surface area contributed by atoms with Crippen LogP contribution >= 0.6 is 0 Å². The first kappa shape index (κ1) is 13.0. The number of nitrogens with zero attached hydrogens (tertiary/aromatic N) is 3. The molecule has 6 heteroatoms. The van der Waals surface area contributed by atoms with Crippen LogP contribution in [0.1, 0.15) is 19.2 Å². The number of nitrogens with one attached hydrogen (secondary N) is 2. The fraction of sp³-hybridized carbons (Fsp3) is 0.667. The minimum Gasteiger partial charge on any atom is -0.379 e. The van der Waals surface area contributed by atoms with Gasteiger partial charge in [0.05, 0.1) is 13.2 Å². The van der Waals surface area contributed by atoms with Gasteiger partial charge >= 0.3 is 0 Å². The summed E-state index contributed by atoms with van der Waals surface area (Å²) in [5.41, 5.74) is 3.32. The molecule has 0 unspecified atom stereocenters. The van der Waals surface area contributed by atoms with Crippen molar-refractivity contribution in [2.45, 2.75) is 19.8 Å². The van der Waals surface area contributed by atoms with Crippen molar-refractivity contribution in [2.75, 3.05) is 44.1 Å². The highest BCUT2D eigenvalue weighted by Crippen LogP contribution is 2.13. The molecule has 1 aliphatic heterocycles. The van der Waals surface area contributed by atoms with E-state index in [-0.39, 0.29) is 0 Å². The first-order chi connectivity index (χ1) is 8.81. The number of hydrazine groups is 1. The molecule has 2 N–H and O–H groups in total. The van der Waals surface area contributed by atoms with Crippen molar-refractivity contribution in [3.05, 3.63) is 11.9 Å². The summed E-state index contributed by atoms with van der Waals surface area (Å²) in [6.45, 7) is 5.41. The predicted octanol–water partition coefficient (Wildman–Crippen LogP) is 1.13. The highest BCUT2D eigenvalue weighted by molar-refractivity contribution is 5.46. The standard InChI is InChI=1S/C12H21N5O/c1-3-4-10-14-11(13-2)9-12(15-10)16-17-5-7-18-8-6-17/h9H,3-8H2,1-2H3,(H2,13,14,15,16). The SMILES string of the molecule is CCCc1nc(NC)cc(NN2CCOCC2)n1. The summed E-state index contributed by atoms with van der Waals surface area (Å²) >= 11 is 0. The van der Waals surface area contributed by atoms with Gasteiger partial charge in [0.1, 0.15) is 17.5 Å². The summed E-state index contributed by atoms with van der Waals surface area (Å²) in [6.07, 6.45) is 1.94. The lowest BCUT2D eigenvalue weighted by molar-refractivity contribution is 0.0495. The fourth-order valence-electron chi connectivity index (χ4n) is 1.86. The third-order valence-corrected chi connectivity index (χ3v) is 2.79. The second kappa shape index (κ2) is 6.51. The summed E-state index contributed by atoms with van der Waals surface area (Å²) in [4.78, 5) is 8.95. The maximum absolute atomic E-state index is 5.32. The molecule has 0 spiro atoms. The van der Waals surface area contributed by atoms with E-state index >= 15 is 0 Å². The van der Waals surface area contributed by atoms with Gasteiger partial charge in [0.2, 0.25) is 0 Å². The molecule has 1 aliphatic rings. The van der Waals surface area contributed by atoms with Crippen molar-refractivity contribution >= 4 is 11.6 Å². The average molecular weight is 251 g/mol. The third-order valence-electron chi connectivity index (χ3n) is 2.79. The Hall–Kier alpha value is -1.40. The Kier molecular flexibility index (Phi) is 4.72. The number of aromatic nitrogens is 2. The number of rotatable bonds is 5. The first-order valence-electron chi connectivity index (χ1n) is 6.47. The lowest BCUT2D eigenvalue weighted by atomic mass is 10.3. The van der Waals surface area contributed by atoms with E-state index < -0.39 is 0 Å². The predicted molar refractivity (Wildman–Crippen MR) is 71.6 cm³/mol. The van der Waals surface area contributed by atoms with E-state index in [1.807, 2.05) is 13.1 Å². The molecule has 2 heterocycles. The van der Waals surface area contributed by atoms with E-state index in [9.17, 15) is 0 Å². The molecule has 0 saturated carbocycles. The quantitative estimate of drug-likeness (QED) is 0.818. The van der Waals surface area contributed by atoms with Crippen molar-refractivity contribution in [3.63, 3.8) is 0 Å². The van der Waals surface area contributed by atoms with Crippen LogP contribution in [-0.2, 0) is 11.2 Å². The minimum absolute atomic E-state index is 0.763. The van der Waals surface area contributed by atoms with E-state index in [1.165, 1.54) is 0 Å². The van der Waals surface area contributed by atoms with Crippen LogP contribution in [0.15, 0.2) is 6.07 Å². The second-order valence-corrected chi connectivity index (χ2v) is 4.27. The number of morpholine rings is 1. The maximum Gasteiger partial charge on any atom is 0.146 e. The largest absolute Gasteiger partial charge is 0.379 e. The van der Waals surface area contributed by atoms with Gasteiger partial charge in [0.15, 0.2) is 0 Å². The zero-order valence-electron chi connectivity index (χ0n) is 11.1. The number of anilines is 2. The zero-order valence-corrected chi connectivity index (χ0v) is 11.1. The van der Waals surface area contributed by atoms with Gasteiger partial charge in [-0.15, -0.1) is 0 Å². The van der Waals surface area contributed by atoms with Gasteiger partial charge in [-0.05, 0) is 6.42 Å². The molecule has 1 saturated heterocycles. The molecule has 6 nitrogen and oxygen atoms in total. The lowest BCUT2D eigenvalue weighted by Crippen LogP contribution is -2.40. The molecule has 100 valence electrons. The molecule has 0 amide bonds. The van der Waals surface area contributed by atoms with Crippen LogP contribution < -0.4 is 10.7 Å². The summed E-state index contributed by atoms with van der Waals surface area (Å²) in [5.74, 6) is 2.57. The van der Waals surface area contributed by atoms with Crippen molar-refractivity contribution < 1.29 is 4.74 Å². The summed E-state index contributed by atoms with van der Waals surface area (Å²) in [5, 5.41) is 5.20. The molecule has 1 fully saturated rings. The Bertz CT molecular complexity index is 379. The summed E-state index contributed by atoms with van der Waals surface area (Å²) in [7, 11) is 1.87. The Morgan fingerprint density at radius 3 is 2.67 bits per heavy atom. The number of hydrogen-bond acceptors (Lipinski definition) is 6. The van der Waals surface area contributed by atoms with Crippen LogP contribution in [0, 0.1) is 0 Å². The van der Waals surface area contributed by atoms with E-state index in [0.717, 1.165) is 56.6 Å². The van der Waals surface area contributed by atoms with Gasteiger partial charge < -0.3 is 15.5 Å². The Morgan fingerprint density at radius 2 is 2.00 bits per heavy atom. The summed E-state index contributed by atoms with van der Waals surface area (Å²) in [6, 6.07) is 1.93. The lowest BCUT2D eigenvalue weighted by Gasteiger charge is -2.27. The average Bonchev–Trinajstić information content (AvgIpc) is 2.40. The fourth-order valence-corrected chi connectivity index (χ4v) is 1.86. The molecule has 0 aliphatic carbocycles. The number of aryl methyl sites for hydroxylation is 1. The van der Waals surface area contributed by atoms with Gasteiger partial charge in [0, 0.05) is 32.6 Å². The van der Waals surface area contributed by atoms with Crippen LogP contribution in [0.4, 0.5) is 11.6 Å². The molecule has 0 bridgehead atoms. The zero-order chi connectivity index (χ0) is 12.8. The van der Waals surface area contributed by atoms with Gasteiger partial charge in [-0.2, -0.15) is 0 Å². The van der Waals surface area contributed by atoms with Crippen molar-refractivity contribution in [2.24, 2.45) is 0 Å². The van der Waals surface area contributed by atoms with Crippen LogP contribution in [0.2, 0.25) is 0 Å². The monoisotopic (exact) mass is 251 g/mol. The number of ether oxygens (including phenoxy) is 1. The highest BCUT2D eigenvalue weighted by atomic mass is 16.5. The van der Waals surface area contributed by atoms with Crippen LogP contribution in [0.25, 0.3) is 0 Å². The second-order valence-electron chi connectivity index (χ2n) is 4.27. The van der Waals surface area contributed by atoms with E-state index in [0.29, 0.717) is 0 Å². The van der Waals surface area contributed by atoms with Gasteiger partial charge in [-0.1, -0.05) is 6.92 Å². The van der Waals surface area contributed by atoms with Crippen LogP contribution in [0.5, 0.6) is 0 Å². The van der Waals surface area contributed by atoms with E-state index in [1.54, 1.807) is 0 Å². The number of hydrogen-bond donors (Lipinski definition) is 2. The van der Waals surface area contributed by atoms with Crippen LogP contribution in [-0.4, -0.2) is 48.3 Å². The third kappa shape index (κ3) is 3.54. The molecule has 1 aromatic rings. The normalized spacial score (nSPS) is 16.6. The maximum atomic E-state index is 5.32. The molecule has 18 heavy (non-hydrogen) atoms. The van der Waals surface area contributed by atoms with E-state index in [2.05, 4.69) is 32.6 Å². The molecular formula is C12H21N5O. The summed E-state index contributed by atoms with van der Waals surface area (Å²) < 4.78 is 5.32. The van der Waals surface area contributed by atoms with Crippen molar-refractivity contribution in [1.82, 2.24) is 15.0 Å². The highest BCUT2D eigenvalue weighted by Gasteiger charge is 2.11. The van der Waals surface area contributed by atoms with Crippen molar-refractivity contribution in [1.29, 1.82) is 0 Å².